The summed E-state index contributed by atoms with van der Waals surface area (Å²) in [6.45, 7) is 1.75. The number of carbonyl (C=O) groups excluding carboxylic acids is 1. The quantitative estimate of drug-likeness (QED) is 0.881. The predicted octanol–water partition coefficient (Wildman–Crippen LogP) is 3.17. The average Bonchev–Trinajstić information content (AvgIpc) is 2.56. The monoisotopic (exact) mass is 358 g/mol. The summed E-state index contributed by atoms with van der Waals surface area (Å²) in [5.74, 6) is -0.184. The number of hydrogen-bond acceptors (Lipinski definition) is 3. The SMILES string of the molecule is Cc1c(NS(C)(=O)=O)cccc1C(=O)NC1CCCc2ccccc21. The van der Waals surface area contributed by atoms with Crippen LogP contribution in [-0.2, 0) is 16.4 Å². The van der Waals surface area contributed by atoms with Crippen molar-refractivity contribution in [2.24, 2.45) is 0 Å². The van der Waals surface area contributed by atoms with Crippen molar-refractivity contribution in [3.63, 3.8) is 0 Å². The number of sulfonamides is 1. The van der Waals surface area contributed by atoms with Gasteiger partial charge in [-0.15, -0.1) is 0 Å². The molecule has 2 aromatic rings. The fraction of sp³-hybridized carbons (Fsp3) is 0.316. The zero-order valence-electron chi connectivity index (χ0n) is 14.4. The van der Waals surface area contributed by atoms with Crippen molar-refractivity contribution >= 4 is 21.6 Å². The van der Waals surface area contributed by atoms with E-state index in [1.165, 1.54) is 11.1 Å². The highest BCUT2D eigenvalue weighted by Gasteiger charge is 2.23. The number of anilines is 1. The lowest BCUT2D eigenvalue weighted by atomic mass is 9.87. The van der Waals surface area contributed by atoms with Gasteiger partial charge < -0.3 is 5.32 Å². The van der Waals surface area contributed by atoms with Crippen LogP contribution in [0.4, 0.5) is 5.69 Å². The Morgan fingerprint density at radius 3 is 2.64 bits per heavy atom. The zero-order valence-corrected chi connectivity index (χ0v) is 15.2. The summed E-state index contributed by atoms with van der Waals surface area (Å²) in [6.07, 6.45) is 4.08. The van der Waals surface area contributed by atoms with Gasteiger partial charge in [-0.3, -0.25) is 9.52 Å². The normalized spacial score (nSPS) is 16.8. The lowest BCUT2D eigenvalue weighted by Crippen LogP contribution is -2.31. The van der Waals surface area contributed by atoms with Gasteiger partial charge in [-0.2, -0.15) is 0 Å². The molecular formula is C19H22N2O3S. The maximum Gasteiger partial charge on any atom is 0.252 e. The Kier molecular flexibility index (Phi) is 4.81. The minimum absolute atomic E-state index is 0.0108. The van der Waals surface area contributed by atoms with Crippen molar-refractivity contribution in [1.29, 1.82) is 0 Å². The minimum Gasteiger partial charge on any atom is -0.345 e. The van der Waals surface area contributed by atoms with Gasteiger partial charge in [-0.05, 0) is 55.0 Å². The molecule has 5 nitrogen and oxygen atoms in total. The Morgan fingerprint density at radius 2 is 1.88 bits per heavy atom. The summed E-state index contributed by atoms with van der Waals surface area (Å²) in [6, 6.07) is 13.2. The average molecular weight is 358 g/mol. The van der Waals surface area contributed by atoms with Gasteiger partial charge in [0, 0.05) is 5.56 Å². The highest BCUT2D eigenvalue weighted by Crippen LogP contribution is 2.30. The van der Waals surface area contributed by atoms with Crippen LogP contribution >= 0.6 is 0 Å². The molecule has 6 heteroatoms. The third-order valence-corrected chi connectivity index (χ3v) is 5.14. The second kappa shape index (κ2) is 6.88. The van der Waals surface area contributed by atoms with Gasteiger partial charge in [-0.1, -0.05) is 30.3 Å². The Balaban J connectivity index is 1.84. The molecule has 0 aromatic heterocycles. The van der Waals surface area contributed by atoms with E-state index < -0.39 is 10.0 Å². The Hall–Kier alpha value is -2.34. The van der Waals surface area contributed by atoms with Gasteiger partial charge >= 0.3 is 0 Å². The van der Waals surface area contributed by atoms with Gasteiger partial charge in [-0.25, -0.2) is 8.42 Å². The maximum atomic E-state index is 12.8. The molecule has 0 heterocycles. The first-order chi connectivity index (χ1) is 11.8. The lowest BCUT2D eigenvalue weighted by molar-refractivity contribution is 0.0932. The molecule has 1 atom stereocenters. The van der Waals surface area contributed by atoms with E-state index in [-0.39, 0.29) is 11.9 Å². The fourth-order valence-corrected chi connectivity index (χ4v) is 3.95. The predicted molar refractivity (Wildman–Crippen MR) is 99.2 cm³/mol. The number of benzene rings is 2. The maximum absolute atomic E-state index is 12.8. The number of aryl methyl sites for hydroxylation is 1. The van der Waals surface area contributed by atoms with Gasteiger partial charge in [0.1, 0.15) is 0 Å². The van der Waals surface area contributed by atoms with Gasteiger partial charge in [0.05, 0.1) is 18.0 Å². The molecular weight excluding hydrogens is 336 g/mol. The summed E-state index contributed by atoms with van der Waals surface area (Å²) in [7, 11) is -3.39. The van der Waals surface area contributed by atoms with Crippen LogP contribution in [-0.4, -0.2) is 20.6 Å². The molecule has 0 fully saturated rings. The van der Waals surface area contributed by atoms with E-state index in [1.807, 2.05) is 12.1 Å². The second-order valence-corrected chi connectivity index (χ2v) is 8.22. The number of hydrogen-bond donors (Lipinski definition) is 2. The topological polar surface area (TPSA) is 75.3 Å². The van der Waals surface area contributed by atoms with Gasteiger partial charge in [0.25, 0.3) is 5.91 Å². The van der Waals surface area contributed by atoms with E-state index in [9.17, 15) is 13.2 Å². The summed E-state index contributed by atoms with van der Waals surface area (Å²) in [4.78, 5) is 12.8. The molecule has 1 unspecified atom stereocenters. The molecule has 25 heavy (non-hydrogen) atoms. The Labute approximate surface area is 148 Å². The van der Waals surface area contributed by atoms with E-state index in [4.69, 9.17) is 0 Å². The molecule has 0 radical (unpaired) electrons. The number of nitrogens with one attached hydrogen (secondary N) is 2. The van der Waals surface area contributed by atoms with Crippen molar-refractivity contribution in [2.45, 2.75) is 32.2 Å². The standard InChI is InChI=1S/C19H22N2O3S/c1-13-15(10-6-11-17(13)21-25(2,23)24)19(22)20-18-12-5-8-14-7-3-4-9-16(14)18/h3-4,6-7,9-11,18,21H,5,8,12H2,1-2H3,(H,20,22). The van der Waals surface area contributed by atoms with Crippen LogP contribution in [0.25, 0.3) is 0 Å². The first-order valence-corrected chi connectivity index (χ1v) is 10.2. The zero-order chi connectivity index (χ0) is 18.0. The molecule has 2 N–H and O–H groups in total. The fourth-order valence-electron chi connectivity index (χ4n) is 3.33. The minimum atomic E-state index is -3.39. The van der Waals surface area contributed by atoms with Crippen molar-refractivity contribution in [3.8, 4) is 0 Å². The largest absolute Gasteiger partial charge is 0.345 e. The number of fused-ring (bicyclic) bond motifs is 1. The molecule has 1 amide bonds. The van der Waals surface area contributed by atoms with Gasteiger partial charge in [0.2, 0.25) is 10.0 Å². The summed E-state index contributed by atoms with van der Waals surface area (Å²) < 4.78 is 25.4. The number of amides is 1. The van der Waals surface area contributed by atoms with Crippen LogP contribution in [0.3, 0.4) is 0 Å². The highest BCUT2D eigenvalue weighted by atomic mass is 32.2. The van der Waals surface area contributed by atoms with Crippen LogP contribution < -0.4 is 10.0 Å². The number of rotatable bonds is 4. The first-order valence-electron chi connectivity index (χ1n) is 8.31. The summed E-state index contributed by atoms with van der Waals surface area (Å²) in [5, 5.41) is 3.11. The van der Waals surface area contributed by atoms with Crippen LogP contribution in [0.1, 0.15) is 45.9 Å². The Morgan fingerprint density at radius 1 is 1.12 bits per heavy atom. The summed E-state index contributed by atoms with van der Waals surface area (Å²) >= 11 is 0. The molecule has 1 aliphatic carbocycles. The molecule has 1 aliphatic rings. The van der Waals surface area contributed by atoms with Crippen molar-refractivity contribution in [2.75, 3.05) is 11.0 Å². The molecule has 0 saturated carbocycles. The molecule has 3 rings (SSSR count). The van der Waals surface area contributed by atoms with Crippen LogP contribution in [0.15, 0.2) is 42.5 Å². The van der Waals surface area contributed by atoms with E-state index in [0.29, 0.717) is 16.8 Å². The first kappa shape index (κ1) is 17.5. The third-order valence-electron chi connectivity index (χ3n) is 4.55. The van der Waals surface area contributed by atoms with Crippen LogP contribution in [0.2, 0.25) is 0 Å². The molecule has 0 bridgehead atoms. The van der Waals surface area contributed by atoms with E-state index >= 15 is 0 Å². The van der Waals surface area contributed by atoms with Crippen molar-refractivity contribution in [1.82, 2.24) is 5.32 Å². The molecule has 0 saturated heterocycles. The molecule has 0 spiro atoms. The Bertz CT molecular complexity index is 907. The highest BCUT2D eigenvalue weighted by molar-refractivity contribution is 7.92. The van der Waals surface area contributed by atoms with Crippen molar-refractivity contribution in [3.05, 3.63) is 64.7 Å². The smallest absolute Gasteiger partial charge is 0.252 e. The second-order valence-electron chi connectivity index (χ2n) is 6.47. The van der Waals surface area contributed by atoms with Crippen LogP contribution in [0, 0.1) is 6.92 Å². The molecule has 0 aliphatic heterocycles. The van der Waals surface area contributed by atoms with E-state index in [0.717, 1.165) is 25.5 Å². The molecule has 2 aromatic carbocycles. The van der Waals surface area contributed by atoms with Crippen LogP contribution in [0.5, 0.6) is 0 Å². The summed E-state index contributed by atoms with van der Waals surface area (Å²) in [5.41, 5.74) is 3.99. The van der Waals surface area contributed by atoms with Gasteiger partial charge in [0.15, 0.2) is 0 Å². The third kappa shape index (κ3) is 4.02. The lowest BCUT2D eigenvalue weighted by Gasteiger charge is -2.26. The number of carbonyl (C=O) groups is 1. The van der Waals surface area contributed by atoms with Crippen molar-refractivity contribution < 1.29 is 13.2 Å². The van der Waals surface area contributed by atoms with E-state index in [1.54, 1.807) is 25.1 Å². The molecule has 132 valence electrons. The van der Waals surface area contributed by atoms with E-state index in [2.05, 4.69) is 22.2 Å².